The molecule has 1 aromatic rings. The van der Waals surface area contributed by atoms with Crippen molar-refractivity contribution in [2.24, 2.45) is 0 Å². The van der Waals surface area contributed by atoms with Gasteiger partial charge in [-0.3, -0.25) is 4.79 Å². The van der Waals surface area contributed by atoms with E-state index in [-0.39, 0.29) is 17.8 Å². The molecule has 0 heterocycles. The van der Waals surface area contributed by atoms with E-state index in [4.69, 9.17) is 0 Å². The molecule has 0 aliphatic carbocycles. The highest BCUT2D eigenvalue weighted by Gasteiger charge is 2.08. The van der Waals surface area contributed by atoms with Crippen molar-refractivity contribution in [2.45, 2.75) is 25.9 Å². The molecule has 88 valence electrons. The van der Waals surface area contributed by atoms with E-state index in [9.17, 15) is 9.18 Å². The van der Waals surface area contributed by atoms with Gasteiger partial charge in [0.15, 0.2) is 0 Å². The molecular weight excluding hydrogens is 209 g/mol. The quantitative estimate of drug-likeness (QED) is 0.777. The molecule has 0 saturated heterocycles. The Hall–Kier alpha value is -1.42. The zero-order valence-electron chi connectivity index (χ0n) is 9.50. The molecule has 0 bridgehead atoms. The van der Waals surface area contributed by atoms with Crippen LogP contribution in [-0.4, -0.2) is 19.1 Å². The summed E-state index contributed by atoms with van der Waals surface area (Å²) in [6.07, 6.45) is 0.311. The summed E-state index contributed by atoms with van der Waals surface area (Å²) in [6.45, 7) is 2.42. The van der Waals surface area contributed by atoms with E-state index < -0.39 is 0 Å². The standard InChI is InChI=1S/C12H16FNO2/c1-9(6-12(15)16-2)14-8-10-4-3-5-11(13)7-10/h3-5,7,9,14H,6,8H2,1-2H3. The van der Waals surface area contributed by atoms with Gasteiger partial charge in [0.25, 0.3) is 0 Å². The lowest BCUT2D eigenvalue weighted by molar-refractivity contribution is -0.141. The molecular formula is C12H16FNO2. The summed E-state index contributed by atoms with van der Waals surface area (Å²) in [6, 6.07) is 6.38. The zero-order valence-corrected chi connectivity index (χ0v) is 9.50. The normalized spacial score (nSPS) is 12.2. The summed E-state index contributed by atoms with van der Waals surface area (Å²) in [4.78, 5) is 11.0. The molecule has 0 fully saturated rings. The molecule has 0 radical (unpaired) electrons. The smallest absolute Gasteiger partial charge is 0.307 e. The van der Waals surface area contributed by atoms with Gasteiger partial charge >= 0.3 is 5.97 Å². The molecule has 0 aliphatic rings. The molecule has 0 saturated carbocycles. The third kappa shape index (κ3) is 4.40. The SMILES string of the molecule is COC(=O)CC(C)NCc1cccc(F)c1. The van der Waals surface area contributed by atoms with Crippen LogP contribution in [0.25, 0.3) is 0 Å². The molecule has 1 N–H and O–H groups in total. The van der Waals surface area contributed by atoms with Crippen LogP contribution in [0.15, 0.2) is 24.3 Å². The topological polar surface area (TPSA) is 38.3 Å². The van der Waals surface area contributed by atoms with Gasteiger partial charge in [0.05, 0.1) is 13.5 Å². The molecule has 1 rings (SSSR count). The second-order valence-electron chi connectivity index (χ2n) is 3.69. The second kappa shape index (κ2) is 6.23. The van der Waals surface area contributed by atoms with Crippen LogP contribution in [0.1, 0.15) is 18.9 Å². The number of esters is 1. The first-order valence-corrected chi connectivity index (χ1v) is 5.16. The fourth-order valence-electron chi connectivity index (χ4n) is 1.34. The maximum Gasteiger partial charge on any atom is 0.307 e. The number of hydrogen-bond acceptors (Lipinski definition) is 3. The number of methoxy groups -OCH3 is 1. The molecule has 0 amide bonds. The molecule has 0 aromatic heterocycles. The van der Waals surface area contributed by atoms with Crippen LogP contribution in [-0.2, 0) is 16.1 Å². The lowest BCUT2D eigenvalue weighted by Gasteiger charge is -2.12. The van der Waals surface area contributed by atoms with Gasteiger partial charge in [-0.05, 0) is 24.6 Å². The van der Waals surface area contributed by atoms with Crippen LogP contribution in [0.4, 0.5) is 4.39 Å². The van der Waals surface area contributed by atoms with Crippen molar-refractivity contribution < 1.29 is 13.9 Å². The predicted molar refractivity (Wildman–Crippen MR) is 59.3 cm³/mol. The van der Waals surface area contributed by atoms with Gasteiger partial charge in [0.2, 0.25) is 0 Å². The van der Waals surface area contributed by atoms with Gasteiger partial charge < -0.3 is 10.1 Å². The lowest BCUT2D eigenvalue weighted by Crippen LogP contribution is -2.28. The van der Waals surface area contributed by atoms with Crippen LogP contribution >= 0.6 is 0 Å². The number of hydrogen-bond donors (Lipinski definition) is 1. The van der Waals surface area contributed by atoms with Crippen LogP contribution in [0, 0.1) is 5.82 Å². The van der Waals surface area contributed by atoms with Gasteiger partial charge in [-0.1, -0.05) is 12.1 Å². The Kier molecular flexibility index (Phi) is 4.92. The first kappa shape index (κ1) is 12.6. The molecule has 3 nitrogen and oxygen atoms in total. The second-order valence-corrected chi connectivity index (χ2v) is 3.69. The minimum absolute atomic E-state index is 0.00992. The third-order valence-corrected chi connectivity index (χ3v) is 2.24. The average Bonchev–Trinajstić information content (AvgIpc) is 2.26. The number of carbonyl (C=O) groups is 1. The minimum atomic E-state index is -0.251. The molecule has 4 heteroatoms. The van der Waals surface area contributed by atoms with Crippen molar-refractivity contribution >= 4 is 5.97 Å². The summed E-state index contributed by atoms with van der Waals surface area (Å²) < 4.78 is 17.4. The molecule has 1 atom stereocenters. The van der Waals surface area contributed by atoms with Gasteiger partial charge in [-0.15, -0.1) is 0 Å². The van der Waals surface area contributed by atoms with Crippen molar-refractivity contribution in [1.29, 1.82) is 0 Å². The first-order chi connectivity index (χ1) is 7.61. The number of carbonyl (C=O) groups excluding carboxylic acids is 1. The highest BCUT2D eigenvalue weighted by Crippen LogP contribution is 2.04. The summed E-state index contributed by atoms with van der Waals surface area (Å²) >= 11 is 0. The van der Waals surface area contributed by atoms with Crippen molar-refractivity contribution in [2.75, 3.05) is 7.11 Å². The monoisotopic (exact) mass is 225 g/mol. The van der Waals surface area contributed by atoms with Gasteiger partial charge in [-0.25, -0.2) is 4.39 Å². The third-order valence-electron chi connectivity index (χ3n) is 2.24. The van der Waals surface area contributed by atoms with E-state index in [0.717, 1.165) is 5.56 Å². The van der Waals surface area contributed by atoms with E-state index in [0.29, 0.717) is 13.0 Å². The number of rotatable bonds is 5. The number of nitrogens with one attached hydrogen (secondary N) is 1. The van der Waals surface area contributed by atoms with Crippen molar-refractivity contribution in [3.05, 3.63) is 35.6 Å². The summed E-state index contributed by atoms with van der Waals surface area (Å²) in [5.74, 6) is -0.501. The number of benzene rings is 1. The molecule has 1 aromatic carbocycles. The van der Waals surface area contributed by atoms with Gasteiger partial charge in [0.1, 0.15) is 5.82 Å². The highest BCUT2D eigenvalue weighted by atomic mass is 19.1. The van der Waals surface area contributed by atoms with Crippen molar-refractivity contribution in [3.63, 3.8) is 0 Å². The summed E-state index contributed by atoms with van der Waals surface area (Å²) in [7, 11) is 1.36. The molecule has 0 spiro atoms. The Morgan fingerprint density at radius 3 is 2.94 bits per heavy atom. The Labute approximate surface area is 94.6 Å². The number of ether oxygens (including phenoxy) is 1. The molecule has 0 aliphatic heterocycles. The number of halogens is 1. The summed E-state index contributed by atoms with van der Waals surface area (Å²) in [5, 5.41) is 3.12. The lowest BCUT2D eigenvalue weighted by atomic mass is 10.2. The first-order valence-electron chi connectivity index (χ1n) is 5.16. The van der Waals surface area contributed by atoms with Gasteiger partial charge in [-0.2, -0.15) is 0 Å². The average molecular weight is 225 g/mol. The van der Waals surface area contributed by atoms with Gasteiger partial charge in [0, 0.05) is 12.6 Å². The Morgan fingerprint density at radius 1 is 1.56 bits per heavy atom. The van der Waals surface area contributed by atoms with E-state index in [1.165, 1.54) is 19.2 Å². The maximum absolute atomic E-state index is 12.9. The summed E-state index contributed by atoms with van der Waals surface area (Å²) in [5.41, 5.74) is 0.858. The Morgan fingerprint density at radius 2 is 2.31 bits per heavy atom. The van der Waals surface area contributed by atoms with Crippen LogP contribution in [0.5, 0.6) is 0 Å². The van der Waals surface area contributed by atoms with E-state index in [1.54, 1.807) is 6.07 Å². The maximum atomic E-state index is 12.9. The zero-order chi connectivity index (χ0) is 12.0. The Bertz CT molecular complexity index is 355. The molecule has 16 heavy (non-hydrogen) atoms. The minimum Gasteiger partial charge on any atom is -0.469 e. The highest BCUT2D eigenvalue weighted by molar-refractivity contribution is 5.69. The van der Waals surface area contributed by atoms with E-state index in [2.05, 4.69) is 10.1 Å². The fraction of sp³-hybridized carbons (Fsp3) is 0.417. The predicted octanol–water partition coefficient (Wildman–Crippen LogP) is 1.87. The van der Waals surface area contributed by atoms with Crippen molar-refractivity contribution in [3.8, 4) is 0 Å². The molecule has 1 unspecified atom stereocenters. The largest absolute Gasteiger partial charge is 0.469 e. The van der Waals surface area contributed by atoms with Crippen molar-refractivity contribution in [1.82, 2.24) is 5.32 Å². The van der Waals surface area contributed by atoms with Crippen LogP contribution in [0.2, 0.25) is 0 Å². The van der Waals surface area contributed by atoms with E-state index in [1.807, 2.05) is 13.0 Å². The van der Waals surface area contributed by atoms with E-state index >= 15 is 0 Å². The fourth-order valence-corrected chi connectivity index (χ4v) is 1.34. The van der Waals surface area contributed by atoms with Crippen LogP contribution in [0.3, 0.4) is 0 Å². The van der Waals surface area contributed by atoms with Crippen LogP contribution < -0.4 is 5.32 Å². The Balaban J connectivity index is 2.37.